The van der Waals surface area contributed by atoms with Gasteiger partial charge in [-0.15, -0.1) is 0 Å². The number of aliphatic hydroxyl groups excluding tert-OH is 1. The van der Waals surface area contributed by atoms with Crippen molar-refractivity contribution in [3.63, 3.8) is 0 Å². The molecule has 1 heterocycles. The summed E-state index contributed by atoms with van der Waals surface area (Å²) in [7, 11) is 0. The Morgan fingerprint density at radius 3 is 2.80 bits per heavy atom. The molecule has 15 heavy (non-hydrogen) atoms. The van der Waals surface area contributed by atoms with Crippen LogP contribution in [0.2, 0.25) is 0 Å². The van der Waals surface area contributed by atoms with Crippen LogP contribution in [-0.4, -0.2) is 34.3 Å². The van der Waals surface area contributed by atoms with Crippen molar-refractivity contribution in [3.05, 3.63) is 0 Å². The SMILES string of the molecule is CCCCN1C(=O)NC2(CCCC2)C1O. The second-order valence-corrected chi connectivity index (χ2v) is 4.71. The summed E-state index contributed by atoms with van der Waals surface area (Å²) in [6.45, 7) is 2.76. The zero-order valence-corrected chi connectivity index (χ0v) is 9.33. The molecule has 2 fully saturated rings. The van der Waals surface area contributed by atoms with Crippen LogP contribution in [0, 0.1) is 0 Å². The highest BCUT2D eigenvalue weighted by atomic mass is 16.3. The minimum atomic E-state index is -0.612. The van der Waals surface area contributed by atoms with Gasteiger partial charge in [0.2, 0.25) is 0 Å². The topological polar surface area (TPSA) is 52.6 Å². The monoisotopic (exact) mass is 212 g/mol. The van der Waals surface area contributed by atoms with Gasteiger partial charge >= 0.3 is 6.03 Å². The number of carbonyl (C=O) groups is 1. The van der Waals surface area contributed by atoms with Crippen LogP contribution in [0.5, 0.6) is 0 Å². The van der Waals surface area contributed by atoms with Crippen LogP contribution in [-0.2, 0) is 0 Å². The second kappa shape index (κ2) is 4.00. The Bertz CT molecular complexity index is 249. The van der Waals surface area contributed by atoms with E-state index in [2.05, 4.69) is 12.2 Å². The fourth-order valence-electron chi connectivity index (χ4n) is 2.70. The first kappa shape index (κ1) is 10.7. The Morgan fingerprint density at radius 1 is 1.53 bits per heavy atom. The molecule has 1 aliphatic heterocycles. The molecule has 1 atom stereocenters. The predicted octanol–water partition coefficient (Wildman–Crippen LogP) is 1.44. The van der Waals surface area contributed by atoms with Gasteiger partial charge in [0, 0.05) is 6.54 Å². The number of amides is 2. The molecule has 4 nitrogen and oxygen atoms in total. The largest absolute Gasteiger partial charge is 0.371 e. The molecule has 0 aromatic carbocycles. The molecule has 1 saturated heterocycles. The Labute approximate surface area is 90.6 Å². The van der Waals surface area contributed by atoms with Crippen LogP contribution in [0.4, 0.5) is 4.79 Å². The minimum absolute atomic E-state index is 0.0853. The fraction of sp³-hybridized carbons (Fsp3) is 0.909. The van der Waals surface area contributed by atoms with Crippen molar-refractivity contribution in [2.24, 2.45) is 0 Å². The van der Waals surface area contributed by atoms with Crippen LogP contribution in [0.25, 0.3) is 0 Å². The maximum Gasteiger partial charge on any atom is 0.320 e. The summed E-state index contributed by atoms with van der Waals surface area (Å²) in [5.41, 5.74) is -0.329. The number of hydrogen-bond donors (Lipinski definition) is 2. The molecule has 2 amide bonds. The summed E-state index contributed by atoms with van der Waals surface area (Å²) >= 11 is 0. The summed E-state index contributed by atoms with van der Waals surface area (Å²) in [5, 5.41) is 13.2. The van der Waals surface area contributed by atoms with E-state index in [-0.39, 0.29) is 11.6 Å². The van der Waals surface area contributed by atoms with E-state index in [9.17, 15) is 9.90 Å². The molecule has 0 bridgehead atoms. The van der Waals surface area contributed by atoms with Crippen molar-refractivity contribution < 1.29 is 9.90 Å². The van der Waals surface area contributed by atoms with E-state index >= 15 is 0 Å². The lowest BCUT2D eigenvalue weighted by molar-refractivity contribution is 0.00350. The maximum atomic E-state index is 11.7. The number of hydrogen-bond acceptors (Lipinski definition) is 2. The Kier molecular flexibility index (Phi) is 2.87. The number of nitrogens with one attached hydrogen (secondary N) is 1. The first-order chi connectivity index (χ1) is 7.19. The summed E-state index contributed by atoms with van der Waals surface area (Å²) in [4.78, 5) is 13.3. The van der Waals surface area contributed by atoms with Crippen molar-refractivity contribution in [3.8, 4) is 0 Å². The van der Waals surface area contributed by atoms with Gasteiger partial charge in [-0.25, -0.2) is 4.79 Å². The molecule has 1 unspecified atom stereocenters. The third-order valence-corrected chi connectivity index (χ3v) is 3.65. The molecule has 0 aromatic rings. The van der Waals surface area contributed by atoms with Gasteiger partial charge < -0.3 is 10.4 Å². The van der Waals surface area contributed by atoms with Crippen molar-refractivity contribution in [2.45, 2.75) is 57.2 Å². The van der Waals surface area contributed by atoms with Gasteiger partial charge in [0.25, 0.3) is 0 Å². The fourth-order valence-corrected chi connectivity index (χ4v) is 2.70. The van der Waals surface area contributed by atoms with Gasteiger partial charge in [-0.05, 0) is 19.3 Å². The standard InChI is InChI=1S/C11H20N2O2/c1-2-3-8-13-9(14)11(12-10(13)15)6-4-5-7-11/h9,14H,2-8H2,1H3,(H,12,15). The molecule has 4 heteroatoms. The lowest BCUT2D eigenvalue weighted by atomic mass is 9.97. The molecule has 1 spiro atoms. The molecule has 0 aromatic heterocycles. The zero-order chi connectivity index (χ0) is 10.9. The average molecular weight is 212 g/mol. The van der Waals surface area contributed by atoms with Gasteiger partial charge in [0.1, 0.15) is 0 Å². The molecular weight excluding hydrogens is 192 g/mol. The zero-order valence-electron chi connectivity index (χ0n) is 9.33. The quantitative estimate of drug-likeness (QED) is 0.743. The predicted molar refractivity (Wildman–Crippen MR) is 57.4 cm³/mol. The first-order valence-corrected chi connectivity index (χ1v) is 5.96. The Morgan fingerprint density at radius 2 is 2.20 bits per heavy atom. The van der Waals surface area contributed by atoms with Gasteiger partial charge in [0.05, 0.1) is 5.54 Å². The van der Waals surface area contributed by atoms with Crippen LogP contribution in [0.1, 0.15) is 45.4 Å². The molecule has 0 radical (unpaired) electrons. The van der Waals surface area contributed by atoms with Crippen LogP contribution in [0.15, 0.2) is 0 Å². The number of carbonyl (C=O) groups excluding carboxylic acids is 1. The second-order valence-electron chi connectivity index (χ2n) is 4.71. The number of unbranched alkanes of at least 4 members (excludes halogenated alkanes) is 1. The van der Waals surface area contributed by atoms with E-state index in [1.165, 1.54) is 0 Å². The Balaban J connectivity index is 2.05. The molecule has 2 rings (SSSR count). The molecule has 86 valence electrons. The number of urea groups is 1. The van der Waals surface area contributed by atoms with Gasteiger partial charge in [-0.3, -0.25) is 4.90 Å². The lowest BCUT2D eigenvalue weighted by Crippen LogP contribution is -2.47. The van der Waals surface area contributed by atoms with Crippen molar-refractivity contribution in [1.29, 1.82) is 0 Å². The number of rotatable bonds is 3. The van der Waals surface area contributed by atoms with Gasteiger partial charge in [0.15, 0.2) is 6.23 Å². The highest BCUT2D eigenvalue weighted by molar-refractivity contribution is 5.78. The smallest absolute Gasteiger partial charge is 0.320 e. The van der Waals surface area contributed by atoms with E-state index in [0.717, 1.165) is 38.5 Å². The van der Waals surface area contributed by atoms with Crippen molar-refractivity contribution in [1.82, 2.24) is 10.2 Å². The van der Waals surface area contributed by atoms with Crippen molar-refractivity contribution in [2.75, 3.05) is 6.54 Å². The van der Waals surface area contributed by atoms with Crippen molar-refractivity contribution >= 4 is 6.03 Å². The van der Waals surface area contributed by atoms with E-state index in [4.69, 9.17) is 0 Å². The first-order valence-electron chi connectivity index (χ1n) is 5.96. The van der Waals surface area contributed by atoms with Crippen LogP contribution < -0.4 is 5.32 Å². The minimum Gasteiger partial charge on any atom is -0.371 e. The van der Waals surface area contributed by atoms with Crippen LogP contribution >= 0.6 is 0 Å². The van der Waals surface area contributed by atoms with Gasteiger partial charge in [-0.1, -0.05) is 26.2 Å². The molecular formula is C11H20N2O2. The summed E-state index contributed by atoms with van der Waals surface area (Å²) < 4.78 is 0. The molecule has 1 aliphatic carbocycles. The van der Waals surface area contributed by atoms with E-state index < -0.39 is 6.23 Å². The van der Waals surface area contributed by atoms with Crippen LogP contribution in [0.3, 0.4) is 0 Å². The Hall–Kier alpha value is -0.770. The van der Waals surface area contributed by atoms with E-state index in [1.807, 2.05) is 0 Å². The highest BCUT2D eigenvalue weighted by Crippen LogP contribution is 2.37. The number of nitrogens with zero attached hydrogens (tertiary/aromatic N) is 1. The molecule has 2 N–H and O–H groups in total. The normalized spacial score (nSPS) is 28.8. The lowest BCUT2D eigenvalue weighted by Gasteiger charge is -2.28. The summed E-state index contributed by atoms with van der Waals surface area (Å²) in [6.07, 6.45) is 5.45. The molecule has 2 aliphatic rings. The average Bonchev–Trinajstić information content (AvgIpc) is 2.75. The summed E-state index contributed by atoms with van der Waals surface area (Å²) in [5.74, 6) is 0. The van der Waals surface area contributed by atoms with Gasteiger partial charge in [-0.2, -0.15) is 0 Å². The third-order valence-electron chi connectivity index (χ3n) is 3.65. The maximum absolute atomic E-state index is 11.7. The highest BCUT2D eigenvalue weighted by Gasteiger charge is 2.51. The third kappa shape index (κ3) is 1.71. The summed E-state index contributed by atoms with van der Waals surface area (Å²) in [6, 6.07) is -0.0853. The van der Waals surface area contributed by atoms with E-state index in [0.29, 0.717) is 6.54 Å². The van der Waals surface area contributed by atoms with E-state index in [1.54, 1.807) is 4.90 Å². The number of aliphatic hydroxyl groups is 1. The molecule has 1 saturated carbocycles.